The van der Waals surface area contributed by atoms with Crippen LogP contribution in [0.1, 0.15) is 10.4 Å². The third-order valence-corrected chi connectivity index (χ3v) is 4.90. The van der Waals surface area contributed by atoms with E-state index in [9.17, 15) is 9.59 Å². The first-order valence-electron chi connectivity index (χ1n) is 8.81. The Morgan fingerprint density at radius 1 is 1.24 bits per heavy atom. The Morgan fingerprint density at radius 2 is 2.00 bits per heavy atom. The summed E-state index contributed by atoms with van der Waals surface area (Å²) in [6.07, 6.45) is 2.68. The van der Waals surface area contributed by atoms with Crippen molar-refractivity contribution in [1.29, 1.82) is 0 Å². The maximum atomic E-state index is 15.1. The number of hydrogen-bond donors (Lipinski definition) is 2. The third-order valence-electron chi connectivity index (χ3n) is 4.90. The Bertz CT molecular complexity index is 1290. The van der Waals surface area contributed by atoms with Crippen molar-refractivity contribution in [3.8, 4) is 11.3 Å². The highest BCUT2D eigenvalue weighted by atomic mass is 19.1. The Labute approximate surface area is 165 Å². The van der Waals surface area contributed by atoms with E-state index in [2.05, 4.69) is 16.5 Å². The number of aromatic nitrogens is 2. The first kappa shape index (κ1) is 18.4. The lowest BCUT2D eigenvalue weighted by atomic mass is 9.99. The van der Waals surface area contributed by atoms with Crippen molar-refractivity contribution in [3.63, 3.8) is 0 Å². The van der Waals surface area contributed by atoms with Crippen molar-refractivity contribution >= 4 is 39.3 Å². The van der Waals surface area contributed by atoms with Gasteiger partial charge in [0.2, 0.25) is 5.91 Å². The van der Waals surface area contributed by atoms with Gasteiger partial charge < -0.3 is 15.6 Å². The number of carbonyl (C=O) groups excluding carboxylic acids is 2. The van der Waals surface area contributed by atoms with E-state index in [1.54, 1.807) is 19.2 Å². The smallest absolute Gasteiger partial charge is 0.250 e. The first-order valence-corrected chi connectivity index (χ1v) is 8.81. The molecule has 6 nitrogen and oxygen atoms in total. The molecule has 0 aliphatic carbocycles. The molecule has 4 rings (SSSR count). The fraction of sp³-hybridized carbons (Fsp3) is 0.0455. The SMILES string of the molecule is C=CC(=O)N(C)c1ccc(-c2c(F)cc(C(N)=O)c3[nH]c4ccccc4c23)nc1. The highest BCUT2D eigenvalue weighted by molar-refractivity contribution is 6.19. The van der Waals surface area contributed by atoms with Gasteiger partial charge in [-0.15, -0.1) is 0 Å². The minimum Gasteiger partial charge on any atom is -0.366 e. The molecule has 0 saturated heterocycles. The normalized spacial score (nSPS) is 11.0. The second-order valence-corrected chi connectivity index (χ2v) is 6.57. The number of fused-ring (bicyclic) bond motifs is 3. The van der Waals surface area contributed by atoms with Crippen LogP contribution in [0.3, 0.4) is 0 Å². The molecule has 29 heavy (non-hydrogen) atoms. The fourth-order valence-electron chi connectivity index (χ4n) is 3.44. The molecule has 2 aromatic heterocycles. The number of anilines is 1. The average molecular weight is 388 g/mol. The predicted molar refractivity (Wildman–Crippen MR) is 111 cm³/mol. The van der Waals surface area contributed by atoms with Crippen molar-refractivity contribution in [2.24, 2.45) is 5.73 Å². The van der Waals surface area contributed by atoms with Crippen LogP contribution in [0.5, 0.6) is 0 Å². The van der Waals surface area contributed by atoms with Gasteiger partial charge in [-0.2, -0.15) is 0 Å². The summed E-state index contributed by atoms with van der Waals surface area (Å²) in [7, 11) is 1.60. The number of benzene rings is 2. The molecule has 2 amide bonds. The highest BCUT2D eigenvalue weighted by Crippen LogP contribution is 2.37. The van der Waals surface area contributed by atoms with Crippen LogP contribution >= 0.6 is 0 Å². The van der Waals surface area contributed by atoms with Gasteiger partial charge in [0.05, 0.1) is 28.7 Å². The molecule has 144 valence electrons. The van der Waals surface area contributed by atoms with Crippen LogP contribution < -0.4 is 10.6 Å². The monoisotopic (exact) mass is 388 g/mol. The number of nitrogens with two attached hydrogens (primary N) is 1. The number of pyridine rings is 1. The number of likely N-dealkylation sites (N-methyl/N-ethyl adjacent to an activating group) is 1. The van der Waals surface area contributed by atoms with Gasteiger partial charge in [0.15, 0.2) is 0 Å². The van der Waals surface area contributed by atoms with E-state index in [1.807, 2.05) is 24.3 Å². The second kappa shape index (κ2) is 6.87. The maximum absolute atomic E-state index is 15.1. The lowest BCUT2D eigenvalue weighted by Crippen LogP contribution is -2.23. The van der Waals surface area contributed by atoms with E-state index < -0.39 is 11.7 Å². The van der Waals surface area contributed by atoms with Crippen LogP contribution in [0.4, 0.5) is 10.1 Å². The van der Waals surface area contributed by atoms with E-state index in [0.717, 1.165) is 17.0 Å². The molecule has 0 unspecified atom stereocenters. The Morgan fingerprint density at radius 3 is 2.66 bits per heavy atom. The predicted octanol–water partition coefficient (Wildman–Crippen LogP) is 3.77. The molecule has 0 fully saturated rings. The summed E-state index contributed by atoms with van der Waals surface area (Å²) in [5, 5.41) is 1.29. The number of nitrogens with zero attached hydrogens (tertiary/aromatic N) is 2. The third kappa shape index (κ3) is 2.93. The quantitative estimate of drug-likeness (QED) is 0.521. The van der Waals surface area contributed by atoms with Crippen LogP contribution in [0.2, 0.25) is 0 Å². The number of rotatable bonds is 4. The Balaban J connectivity index is 1.98. The molecule has 0 spiro atoms. The van der Waals surface area contributed by atoms with E-state index >= 15 is 4.39 Å². The molecule has 3 N–H and O–H groups in total. The van der Waals surface area contributed by atoms with Gasteiger partial charge in [0.1, 0.15) is 5.82 Å². The molecule has 0 aliphatic rings. The van der Waals surface area contributed by atoms with Crippen LogP contribution in [-0.2, 0) is 4.79 Å². The van der Waals surface area contributed by atoms with E-state index in [-0.39, 0.29) is 17.0 Å². The van der Waals surface area contributed by atoms with E-state index in [4.69, 9.17) is 5.73 Å². The standard InChI is InChI=1S/C22H17FN4O2/c1-3-18(28)27(2)12-8-9-17(25-11-12)20-15(23)10-14(22(24)29)21-19(20)13-6-4-5-7-16(13)26-21/h3-11,26H,1H2,2H3,(H2,24,29). The molecular formula is C22H17FN4O2. The zero-order valence-corrected chi connectivity index (χ0v) is 15.6. The minimum absolute atomic E-state index is 0.0744. The van der Waals surface area contributed by atoms with Crippen molar-refractivity contribution in [3.05, 3.63) is 72.7 Å². The summed E-state index contributed by atoms with van der Waals surface area (Å²) in [4.78, 5) is 32.6. The lowest BCUT2D eigenvalue weighted by molar-refractivity contribution is -0.113. The van der Waals surface area contributed by atoms with E-state index in [0.29, 0.717) is 22.3 Å². The number of para-hydroxylation sites is 1. The molecule has 0 radical (unpaired) electrons. The Kier molecular flexibility index (Phi) is 4.35. The molecule has 0 aliphatic heterocycles. The van der Waals surface area contributed by atoms with Gasteiger partial charge in [-0.05, 0) is 30.3 Å². The van der Waals surface area contributed by atoms with Gasteiger partial charge in [0.25, 0.3) is 5.91 Å². The largest absolute Gasteiger partial charge is 0.366 e. The molecular weight excluding hydrogens is 371 g/mol. The van der Waals surface area contributed by atoms with Gasteiger partial charge in [-0.1, -0.05) is 24.8 Å². The summed E-state index contributed by atoms with van der Waals surface area (Å²) in [5.74, 6) is -1.61. The number of H-pyrrole nitrogens is 1. The summed E-state index contributed by atoms with van der Waals surface area (Å²) < 4.78 is 15.1. The molecule has 7 heteroatoms. The van der Waals surface area contributed by atoms with Crippen LogP contribution in [0.15, 0.2) is 61.3 Å². The van der Waals surface area contributed by atoms with Crippen molar-refractivity contribution in [1.82, 2.24) is 9.97 Å². The van der Waals surface area contributed by atoms with Crippen LogP contribution in [-0.4, -0.2) is 28.8 Å². The second-order valence-electron chi connectivity index (χ2n) is 6.57. The molecule has 0 atom stereocenters. The van der Waals surface area contributed by atoms with Crippen LogP contribution in [0, 0.1) is 5.82 Å². The maximum Gasteiger partial charge on any atom is 0.250 e. The number of carbonyl (C=O) groups is 2. The minimum atomic E-state index is -0.722. The van der Waals surface area contributed by atoms with Crippen molar-refractivity contribution < 1.29 is 14.0 Å². The topological polar surface area (TPSA) is 92.1 Å². The number of halogens is 1. The van der Waals surface area contributed by atoms with Gasteiger partial charge in [0, 0.05) is 28.9 Å². The lowest BCUT2D eigenvalue weighted by Gasteiger charge is -2.15. The number of amides is 2. The number of nitrogens with one attached hydrogen (secondary N) is 1. The molecule has 4 aromatic rings. The Hall–Kier alpha value is -4.00. The zero-order chi connectivity index (χ0) is 20.7. The number of primary amides is 1. The molecule has 0 bridgehead atoms. The van der Waals surface area contributed by atoms with E-state index in [1.165, 1.54) is 17.2 Å². The van der Waals surface area contributed by atoms with Gasteiger partial charge >= 0.3 is 0 Å². The van der Waals surface area contributed by atoms with Crippen molar-refractivity contribution in [2.75, 3.05) is 11.9 Å². The number of aromatic amines is 1. The average Bonchev–Trinajstić information content (AvgIpc) is 3.11. The molecule has 2 heterocycles. The van der Waals surface area contributed by atoms with Gasteiger partial charge in [-0.25, -0.2) is 4.39 Å². The van der Waals surface area contributed by atoms with Crippen molar-refractivity contribution in [2.45, 2.75) is 0 Å². The van der Waals surface area contributed by atoms with Gasteiger partial charge in [-0.3, -0.25) is 14.6 Å². The first-order chi connectivity index (χ1) is 13.9. The zero-order valence-electron chi connectivity index (χ0n) is 15.6. The number of hydrogen-bond acceptors (Lipinski definition) is 3. The summed E-state index contributed by atoms with van der Waals surface area (Å²) >= 11 is 0. The summed E-state index contributed by atoms with van der Waals surface area (Å²) in [6.45, 7) is 3.46. The summed E-state index contributed by atoms with van der Waals surface area (Å²) in [5.41, 5.74) is 7.93. The van der Waals surface area contributed by atoms with Crippen LogP contribution in [0.25, 0.3) is 33.1 Å². The fourth-order valence-corrected chi connectivity index (χ4v) is 3.44. The molecule has 0 saturated carbocycles. The highest BCUT2D eigenvalue weighted by Gasteiger charge is 2.21. The molecule has 2 aromatic carbocycles. The summed E-state index contributed by atoms with van der Waals surface area (Å²) in [6, 6.07) is 11.8.